The highest BCUT2D eigenvalue weighted by atomic mass is 19.1. The highest BCUT2D eigenvalue weighted by molar-refractivity contribution is 5.94. The monoisotopic (exact) mass is 353 g/mol. The lowest BCUT2D eigenvalue weighted by molar-refractivity contribution is 0.0728. The summed E-state index contributed by atoms with van der Waals surface area (Å²) in [5, 5.41) is 4.02. The van der Waals surface area contributed by atoms with Gasteiger partial charge in [-0.2, -0.15) is 0 Å². The minimum Gasteiger partial charge on any atom is -0.360 e. The van der Waals surface area contributed by atoms with E-state index in [1.54, 1.807) is 30.1 Å². The summed E-state index contributed by atoms with van der Waals surface area (Å²) in [6.45, 7) is 0.755. The van der Waals surface area contributed by atoms with E-state index in [2.05, 4.69) is 5.16 Å². The van der Waals surface area contributed by atoms with E-state index in [-0.39, 0.29) is 23.8 Å². The Kier molecular flexibility index (Phi) is 3.91. The number of hydrogen-bond acceptors (Lipinski definition) is 4. The van der Waals surface area contributed by atoms with E-state index in [1.807, 2.05) is 0 Å². The zero-order chi connectivity index (χ0) is 18.3. The number of hydrogen-bond donors (Lipinski definition) is 0. The summed E-state index contributed by atoms with van der Waals surface area (Å²) in [6, 6.07) is 9.24. The lowest BCUT2D eigenvalue weighted by atomic mass is 10.0. The van der Waals surface area contributed by atoms with Crippen LogP contribution in [-0.2, 0) is 20.0 Å². The minimum atomic E-state index is -0.384. The van der Waals surface area contributed by atoms with Crippen molar-refractivity contribution in [2.45, 2.75) is 13.0 Å². The van der Waals surface area contributed by atoms with Crippen molar-refractivity contribution in [2.24, 2.45) is 7.05 Å². The maximum Gasteiger partial charge on any atom is 0.255 e. The molecule has 1 aromatic carbocycles. The Hall–Kier alpha value is -3.22. The molecule has 0 saturated carbocycles. The number of benzene rings is 1. The predicted octanol–water partition coefficient (Wildman–Crippen LogP) is 2.38. The Balaban J connectivity index is 1.66. The normalized spacial score (nSPS) is 13.5. The molecule has 0 radical (unpaired) electrons. The molecule has 7 heteroatoms. The van der Waals surface area contributed by atoms with Crippen LogP contribution in [0, 0.1) is 5.82 Å². The molecule has 0 unspecified atom stereocenters. The standard InChI is InChI=1S/C19H16FN3O3/c1-22-10-12(6-7-17(22)24)19(25)23-9-8-16-14(11-23)18(21-26-16)13-4-2-3-5-15(13)20/h2-7,10H,8-9,11H2,1H3. The zero-order valence-electron chi connectivity index (χ0n) is 14.1. The van der Waals surface area contributed by atoms with Crippen LogP contribution in [0.4, 0.5) is 4.39 Å². The van der Waals surface area contributed by atoms with Crippen LogP contribution in [0.3, 0.4) is 0 Å². The molecular formula is C19H16FN3O3. The first-order valence-corrected chi connectivity index (χ1v) is 8.23. The minimum absolute atomic E-state index is 0.177. The Labute approximate surface area is 148 Å². The predicted molar refractivity (Wildman–Crippen MR) is 92.0 cm³/mol. The molecule has 0 atom stereocenters. The molecule has 26 heavy (non-hydrogen) atoms. The number of rotatable bonds is 2. The third-order valence-electron chi connectivity index (χ3n) is 4.58. The molecule has 0 bridgehead atoms. The zero-order valence-corrected chi connectivity index (χ0v) is 14.1. The van der Waals surface area contributed by atoms with Gasteiger partial charge in [-0.25, -0.2) is 4.39 Å². The topological polar surface area (TPSA) is 68.3 Å². The summed E-state index contributed by atoms with van der Waals surface area (Å²) >= 11 is 0. The number of aromatic nitrogens is 2. The summed E-state index contributed by atoms with van der Waals surface area (Å²) in [5.41, 5.74) is 1.76. The van der Waals surface area contributed by atoms with Gasteiger partial charge in [0.1, 0.15) is 17.3 Å². The van der Waals surface area contributed by atoms with E-state index in [1.165, 1.54) is 29.0 Å². The SMILES string of the molecule is Cn1cc(C(=O)N2CCc3onc(-c4ccccc4F)c3C2)ccc1=O. The van der Waals surface area contributed by atoms with E-state index in [4.69, 9.17) is 4.52 Å². The van der Waals surface area contributed by atoms with E-state index in [0.717, 1.165) is 5.56 Å². The number of fused-ring (bicyclic) bond motifs is 1. The van der Waals surface area contributed by atoms with Gasteiger partial charge in [-0.05, 0) is 18.2 Å². The fourth-order valence-corrected chi connectivity index (χ4v) is 3.15. The van der Waals surface area contributed by atoms with Gasteiger partial charge in [-0.15, -0.1) is 0 Å². The van der Waals surface area contributed by atoms with Gasteiger partial charge in [0.05, 0.1) is 12.1 Å². The third-order valence-corrected chi connectivity index (χ3v) is 4.58. The van der Waals surface area contributed by atoms with Gasteiger partial charge in [0.15, 0.2) is 0 Å². The van der Waals surface area contributed by atoms with Crippen LogP contribution < -0.4 is 5.56 Å². The average molecular weight is 353 g/mol. The van der Waals surface area contributed by atoms with Gasteiger partial charge >= 0.3 is 0 Å². The fourth-order valence-electron chi connectivity index (χ4n) is 3.15. The van der Waals surface area contributed by atoms with Crippen LogP contribution in [0.25, 0.3) is 11.3 Å². The maximum absolute atomic E-state index is 14.1. The molecular weight excluding hydrogens is 337 g/mol. The van der Waals surface area contributed by atoms with Crippen molar-refractivity contribution in [3.63, 3.8) is 0 Å². The molecule has 3 heterocycles. The maximum atomic E-state index is 14.1. The molecule has 0 saturated heterocycles. The van der Waals surface area contributed by atoms with Crippen molar-refractivity contribution >= 4 is 5.91 Å². The Morgan fingerprint density at radius 3 is 2.81 bits per heavy atom. The van der Waals surface area contributed by atoms with Crippen LogP contribution in [0.5, 0.6) is 0 Å². The fraction of sp³-hybridized carbons (Fsp3) is 0.211. The molecule has 4 rings (SSSR count). The summed E-state index contributed by atoms with van der Waals surface area (Å²) in [7, 11) is 1.60. The molecule has 1 aliphatic heterocycles. The summed E-state index contributed by atoms with van der Waals surface area (Å²) in [6.07, 6.45) is 2.03. The highest BCUT2D eigenvalue weighted by Gasteiger charge is 2.29. The lowest BCUT2D eigenvalue weighted by Crippen LogP contribution is -2.36. The van der Waals surface area contributed by atoms with Gasteiger partial charge in [0.25, 0.3) is 5.91 Å². The smallest absolute Gasteiger partial charge is 0.255 e. The van der Waals surface area contributed by atoms with Gasteiger partial charge in [0.2, 0.25) is 5.56 Å². The van der Waals surface area contributed by atoms with Crippen LogP contribution in [0.2, 0.25) is 0 Å². The largest absolute Gasteiger partial charge is 0.360 e. The molecule has 3 aromatic rings. The van der Waals surface area contributed by atoms with Crippen molar-refractivity contribution in [3.8, 4) is 11.3 Å². The Morgan fingerprint density at radius 1 is 1.23 bits per heavy atom. The van der Waals surface area contributed by atoms with Gasteiger partial charge < -0.3 is 14.0 Å². The Bertz CT molecular complexity index is 1050. The number of halogens is 1. The Morgan fingerprint density at radius 2 is 2.04 bits per heavy atom. The van der Waals surface area contributed by atoms with Crippen molar-refractivity contribution in [1.82, 2.24) is 14.6 Å². The van der Waals surface area contributed by atoms with Gasteiger partial charge in [-0.3, -0.25) is 9.59 Å². The summed E-state index contributed by atoms with van der Waals surface area (Å²) < 4.78 is 20.9. The van der Waals surface area contributed by atoms with Crippen LogP contribution >= 0.6 is 0 Å². The van der Waals surface area contributed by atoms with E-state index in [0.29, 0.717) is 35.5 Å². The average Bonchev–Trinajstić information content (AvgIpc) is 3.07. The number of nitrogens with zero attached hydrogens (tertiary/aromatic N) is 3. The van der Waals surface area contributed by atoms with Crippen LogP contribution in [-0.4, -0.2) is 27.1 Å². The number of amides is 1. The second kappa shape index (κ2) is 6.25. The first-order valence-electron chi connectivity index (χ1n) is 8.23. The van der Waals surface area contributed by atoms with Crippen LogP contribution in [0.1, 0.15) is 21.7 Å². The highest BCUT2D eigenvalue weighted by Crippen LogP contribution is 2.31. The second-order valence-electron chi connectivity index (χ2n) is 6.26. The number of carbonyl (C=O) groups is 1. The first kappa shape index (κ1) is 16.3. The van der Waals surface area contributed by atoms with Crippen molar-refractivity contribution in [1.29, 1.82) is 0 Å². The lowest BCUT2D eigenvalue weighted by Gasteiger charge is -2.26. The molecule has 0 N–H and O–H groups in total. The summed E-state index contributed by atoms with van der Waals surface area (Å²) in [4.78, 5) is 26.0. The van der Waals surface area contributed by atoms with Crippen LogP contribution in [0.15, 0.2) is 51.9 Å². The molecule has 0 spiro atoms. The van der Waals surface area contributed by atoms with Crippen molar-refractivity contribution in [3.05, 3.63) is 75.7 Å². The van der Waals surface area contributed by atoms with E-state index in [9.17, 15) is 14.0 Å². The molecule has 2 aromatic heterocycles. The second-order valence-corrected chi connectivity index (χ2v) is 6.26. The number of aryl methyl sites for hydroxylation is 1. The quantitative estimate of drug-likeness (QED) is 0.709. The van der Waals surface area contributed by atoms with Crippen molar-refractivity contribution in [2.75, 3.05) is 6.54 Å². The van der Waals surface area contributed by atoms with E-state index >= 15 is 0 Å². The number of pyridine rings is 1. The molecule has 0 aliphatic carbocycles. The molecule has 6 nitrogen and oxygen atoms in total. The third kappa shape index (κ3) is 2.71. The molecule has 1 amide bonds. The number of carbonyl (C=O) groups excluding carboxylic acids is 1. The summed E-state index contributed by atoms with van der Waals surface area (Å²) in [5.74, 6) is 0.102. The van der Waals surface area contributed by atoms with Gasteiger partial charge in [0, 0.05) is 43.4 Å². The van der Waals surface area contributed by atoms with Crippen molar-refractivity contribution < 1.29 is 13.7 Å². The van der Waals surface area contributed by atoms with Gasteiger partial charge in [-0.1, -0.05) is 17.3 Å². The molecule has 1 aliphatic rings. The first-order chi connectivity index (χ1) is 12.5. The molecule has 132 valence electrons. The molecule has 0 fully saturated rings. The van der Waals surface area contributed by atoms with E-state index < -0.39 is 0 Å².